The van der Waals surface area contributed by atoms with Crippen LogP contribution in [0.5, 0.6) is 0 Å². The van der Waals surface area contributed by atoms with Crippen molar-refractivity contribution in [1.82, 2.24) is 9.88 Å². The molecule has 108 valence electrons. The van der Waals surface area contributed by atoms with E-state index in [2.05, 4.69) is 9.88 Å². The summed E-state index contributed by atoms with van der Waals surface area (Å²) < 4.78 is 0. The first-order valence-corrected chi connectivity index (χ1v) is 7.04. The van der Waals surface area contributed by atoms with Crippen LogP contribution in [0.2, 0.25) is 0 Å². The molecule has 0 saturated carbocycles. The Hall–Kier alpha value is -2.56. The van der Waals surface area contributed by atoms with Crippen molar-refractivity contribution in [3.63, 3.8) is 0 Å². The van der Waals surface area contributed by atoms with E-state index in [0.717, 1.165) is 37.6 Å². The molecule has 2 aromatic rings. The van der Waals surface area contributed by atoms with Gasteiger partial charge in [-0.3, -0.25) is 9.78 Å². The number of hydrogen-bond donors (Lipinski definition) is 1. The number of nitrogen functional groups attached to an aromatic ring is 1. The summed E-state index contributed by atoms with van der Waals surface area (Å²) in [6, 6.07) is 11.5. The summed E-state index contributed by atoms with van der Waals surface area (Å²) in [7, 11) is 0. The number of piperazine rings is 1. The van der Waals surface area contributed by atoms with E-state index in [-0.39, 0.29) is 5.91 Å². The minimum atomic E-state index is 0.0556. The zero-order chi connectivity index (χ0) is 14.7. The van der Waals surface area contributed by atoms with Crippen LogP contribution >= 0.6 is 0 Å². The van der Waals surface area contributed by atoms with E-state index in [1.165, 1.54) is 0 Å². The average molecular weight is 282 g/mol. The Balaban J connectivity index is 1.63. The quantitative estimate of drug-likeness (QED) is 0.850. The second-order valence-corrected chi connectivity index (χ2v) is 5.11. The summed E-state index contributed by atoms with van der Waals surface area (Å²) in [5, 5.41) is 0. The van der Waals surface area contributed by atoms with Gasteiger partial charge in [-0.15, -0.1) is 0 Å². The number of nitrogens with zero attached hydrogens (tertiary/aromatic N) is 3. The Labute approximate surface area is 124 Å². The summed E-state index contributed by atoms with van der Waals surface area (Å²) in [4.78, 5) is 20.5. The molecular weight excluding hydrogens is 264 g/mol. The molecule has 0 spiro atoms. The SMILES string of the molecule is Nc1ccc(N2CCN(C(=O)c3cccnc3)CC2)cc1. The lowest BCUT2D eigenvalue weighted by Gasteiger charge is -2.36. The molecule has 21 heavy (non-hydrogen) atoms. The Bertz CT molecular complexity index is 604. The zero-order valence-corrected chi connectivity index (χ0v) is 11.8. The fourth-order valence-electron chi connectivity index (χ4n) is 2.52. The Morgan fingerprint density at radius 2 is 1.76 bits per heavy atom. The summed E-state index contributed by atoms with van der Waals surface area (Å²) in [5.74, 6) is 0.0556. The third kappa shape index (κ3) is 2.97. The summed E-state index contributed by atoms with van der Waals surface area (Å²) in [6.07, 6.45) is 3.30. The normalized spacial score (nSPS) is 15.0. The van der Waals surface area contributed by atoms with E-state index >= 15 is 0 Å². The average Bonchev–Trinajstić information content (AvgIpc) is 2.56. The molecule has 2 N–H and O–H groups in total. The first kappa shape index (κ1) is 13.4. The highest BCUT2D eigenvalue weighted by atomic mass is 16.2. The molecule has 1 aromatic carbocycles. The molecule has 5 nitrogen and oxygen atoms in total. The Morgan fingerprint density at radius 3 is 2.38 bits per heavy atom. The van der Waals surface area contributed by atoms with E-state index in [1.807, 2.05) is 35.2 Å². The van der Waals surface area contributed by atoms with E-state index in [4.69, 9.17) is 5.73 Å². The van der Waals surface area contributed by atoms with Gasteiger partial charge >= 0.3 is 0 Å². The van der Waals surface area contributed by atoms with E-state index in [0.29, 0.717) is 5.56 Å². The predicted octanol–water partition coefficient (Wildman–Crippen LogP) is 1.63. The number of anilines is 2. The molecule has 1 fully saturated rings. The topological polar surface area (TPSA) is 62.5 Å². The van der Waals surface area contributed by atoms with Crippen molar-refractivity contribution in [3.05, 3.63) is 54.4 Å². The van der Waals surface area contributed by atoms with Gasteiger partial charge in [-0.1, -0.05) is 0 Å². The van der Waals surface area contributed by atoms with Crippen LogP contribution in [0.25, 0.3) is 0 Å². The lowest BCUT2D eigenvalue weighted by molar-refractivity contribution is 0.0746. The van der Waals surface area contributed by atoms with Gasteiger partial charge in [0.15, 0.2) is 0 Å². The summed E-state index contributed by atoms with van der Waals surface area (Å²) in [5.41, 5.74) is 8.27. The van der Waals surface area contributed by atoms with Crippen LogP contribution in [-0.4, -0.2) is 42.0 Å². The largest absolute Gasteiger partial charge is 0.399 e. The van der Waals surface area contributed by atoms with Crippen LogP contribution in [-0.2, 0) is 0 Å². The maximum absolute atomic E-state index is 12.3. The van der Waals surface area contributed by atoms with Gasteiger partial charge in [-0.2, -0.15) is 0 Å². The highest BCUT2D eigenvalue weighted by Gasteiger charge is 2.22. The third-order valence-corrected chi connectivity index (χ3v) is 3.73. The standard InChI is InChI=1S/C16H18N4O/c17-14-3-5-15(6-4-14)19-8-10-20(11-9-19)16(21)13-2-1-7-18-12-13/h1-7,12H,8-11,17H2. The first-order valence-electron chi connectivity index (χ1n) is 7.04. The Morgan fingerprint density at radius 1 is 1.05 bits per heavy atom. The number of carbonyl (C=O) groups is 1. The van der Waals surface area contributed by atoms with Crippen molar-refractivity contribution in [3.8, 4) is 0 Å². The fraction of sp³-hybridized carbons (Fsp3) is 0.250. The number of aromatic nitrogens is 1. The second kappa shape index (κ2) is 5.83. The molecule has 3 rings (SSSR count). The van der Waals surface area contributed by atoms with Gasteiger partial charge in [0.2, 0.25) is 0 Å². The highest BCUT2D eigenvalue weighted by Crippen LogP contribution is 2.18. The van der Waals surface area contributed by atoms with Crippen LogP contribution in [0.1, 0.15) is 10.4 Å². The number of rotatable bonds is 2. The first-order chi connectivity index (χ1) is 10.2. The van der Waals surface area contributed by atoms with Crippen molar-refractivity contribution < 1.29 is 4.79 Å². The summed E-state index contributed by atoms with van der Waals surface area (Å²) >= 11 is 0. The Kier molecular flexibility index (Phi) is 3.73. The lowest BCUT2D eigenvalue weighted by Crippen LogP contribution is -2.48. The van der Waals surface area contributed by atoms with Gasteiger partial charge in [0.1, 0.15) is 0 Å². The molecule has 1 aliphatic heterocycles. The summed E-state index contributed by atoms with van der Waals surface area (Å²) in [6.45, 7) is 3.10. The zero-order valence-electron chi connectivity index (χ0n) is 11.8. The van der Waals surface area contributed by atoms with Gasteiger partial charge in [0.05, 0.1) is 5.56 Å². The number of amides is 1. The van der Waals surface area contributed by atoms with Gasteiger partial charge in [0.25, 0.3) is 5.91 Å². The van der Waals surface area contributed by atoms with Crippen LogP contribution in [0, 0.1) is 0 Å². The second-order valence-electron chi connectivity index (χ2n) is 5.11. The molecule has 0 bridgehead atoms. The van der Waals surface area contributed by atoms with Gasteiger partial charge in [0, 0.05) is 49.9 Å². The molecular formula is C16H18N4O. The van der Waals surface area contributed by atoms with Crippen molar-refractivity contribution in [2.75, 3.05) is 36.8 Å². The number of hydrogen-bond acceptors (Lipinski definition) is 4. The fourth-order valence-corrected chi connectivity index (χ4v) is 2.52. The van der Waals surface area contributed by atoms with Crippen molar-refractivity contribution in [2.45, 2.75) is 0 Å². The van der Waals surface area contributed by atoms with Crippen LogP contribution in [0.15, 0.2) is 48.8 Å². The molecule has 0 atom stereocenters. The molecule has 0 aliphatic carbocycles. The lowest BCUT2D eigenvalue weighted by atomic mass is 10.2. The number of benzene rings is 1. The monoisotopic (exact) mass is 282 g/mol. The smallest absolute Gasteiger partial charge is 0.255 e. The molecule has 1 amide bonds. The maximum Gasteiger partial charge on any atom is 0.255 e. The molecule has 1 aliphatic rings. The van der Waals surface area contributed by atoms with Crippen LogP contribution in [0.4, 0.5) is 11.4 Å². The van der Waals surface area contributed by atoms with E-state index in [9.17, 15) is 4.79 Å². The van der Waals surface area contributed by atoms with Crippen molar-refractivity contribution in [1.29, 1.82) is 0 Å². The minimum Gasteiger partial charge on any atom is -0.399 e. The molecule has 1 saturated heterocycles. The van der Waals surface area contributed by atoms with Gasteiger partial charge < -0.3 is 15.5 Å². The number of nitrogens with two attached hydrogens (primary N) is 1. The third-order valence-electron chi connectivity index (χ3n) is 3.73. The number of pyridine rings is 1. The van der Waals surface area contributed by atoms with Crippen LogP contribution in [0.3, 0.4) is 0 Å². The molecule has 0 unspecified atom stereocenters. The minimum absolute atomic E-state index is 0.0556. The number of carbonyl (C=O) groups excluding carboxylic acids is 1. The molecule has 2 heterocycles. The van der Waals surface area contributed by atoms with Gasteiger partial charge in [-0.05, 0) is 36.4 Å². The van der Waals surface area contributed by atoms with Gasteiger partial charge in [-0.25, -0.2) is 0 Å². The molecule has 1 aromatic heterocycles. The van der Waals surface area contributed by atoms with E-state index < -0.39 is 0 Å². The highest BCUT2D eigenvalue weighted by molar-refractivity contribution is 5.94. The van der Waals surface area contributed by atoms with Crippen molar-refractivity contribution in [2.24, 2.45) is 0 Å². The van der Waals surface area contributed by atoms with Crippen molar-refractivity contribution >= 4 is 17.3 Å². The molecule has 5 heteroatoms. The maximum atomic E-state index is 12.3. The molecule has 0 radical (unpaired) electrons. The predicted molar refractivity (Wildman–Crippen MR) is 83.2 cm³/mol. The van der Waals surface area contributed by atoms with E-state index in [1.54, 1.807) is 18.5 Å². The van der Waals surface area contributed by atoms with Crippen LogP contribution < -0.4 is 10.6 Å².